The number of piperazine rings is 1. The maximum atomic E-state index is 11.3. The first-order valence-electron chi connectivity index (χ1n) is 7.55. The Morgan fingerprint density at radius 3 is 2.45 bits per heavy atom. The topological polar surface area (TPSA) is 60.0 Å². The Kier molecular flexibility index (Phi) is 5.23. The molecule has 2 N–H and O–H groups in total. The molecule has 1 aliphatic heterocycles. The fourth-order valence-electron chi connectivity index (χ4n) is 2.51. The van der Waals surface area contributed by atoms with Crippen molar-refractivity contribution in [2.75, 3.05) is 46.3 Å². The largest absolute Gasteiger partial charge is 0.355 e. The van der Waals surface area contributed by atoms with Crippen LogP contribution in [0.4, 0.5) is 0 Å². The number of hydrogen-bond acceptors (Lipinski definition) is 3. The van der Waals surface area contributed by atoms with E-state index in [2.05, 4.69) is 27.4 Å². The second kappa shape index (κ2) is 6.92. The highest BCUT2D eigenvalue weighted by atomic mass is 16.2. The molecule has 2 fully saturated rings. The summed E-state index contributed by atoms with van der Waals surface area (Å²) in [6, 6.07) is 0.598. The third-order valence-electron chi connectivity index (χ3n) is 4.19. The van der Waals surface area contributed by atoms with Crippen molar-refractivity contribution >= 4 is 11.9 Å². The Bertz CT molecular complexity index is 363. The summed E-state index contributed by atoms with van der Waals surface area (Å²) in [7, 11) is 1.81. The zero-order valence-electron chi connectivity index (χ0n) is 12.9. The van der Waals surface area contributed by atoms with Crippen LogP contribution >= 0.6 is 0 Å². The molecule has 114 valence electrons. The lowest BCUT2D eigenvalue weighted by atomic mass is 10.3. The van der Waals surface area contributed by atoms with Gasteiger partial charge in [0.25, 0.3) is 0 Å². The van der Waals surface area contributed by atoms with Gasteiger partial charge in [-0.25, -0.2) is 0 Å². The maximum absolute atomic E-state index is 11.3. The van der Waals surface area contributed by atoms with Gasteiger partial charge in [0.15, 0.2) is 5.96 Å². The summed E-state index contributed by atoms with van der Waals surface area (Å²) in [5.74, 6) is 1.86. The van der Waals surface area contributed by atoms with Gasteiger partial charge in [0.2, 0.25) is 5.91 Å². The number of hydrogen-bond donors (Lipinski definition) is 2. The zero-order valence-corrected chi connectivity index (χ0v) is 12.9. The molecule has 0 radical (unpaired) electrons. The Balaban J connectivity index is 1.60. The van der Waals surface area contributed by atoms with E-state index in [1.54, 1.807) is 6.92 Å². The normalized spacial score (nSPS) is 27.4. The van der Waals surface area contributed by atoms with Crippen LogP contribution in [0.3, 0.4) is 0 Å². The lowest BCUT2D eigenvalue weighted by Crippen LogP contribution is -2.50. The molecule has 0 aromatic carbocycles. The molecule has 0 aromatic rings. The van der Waals surface area contributed by atoms with Gasteiger partial charge >= 0.3 is 0 Å². The van der Waals surface area contributed by atoms with Gasteiger partial charge in [0.1, 0.15) is 0 Å². The van der Waals surface area contributed by atoms with Gasteiger partial charge < -0.3 is 15.5 Å². The minimum absolute atomic E-state index is 0.186. The predicted octanol–water partition coefficient (Wildman–Crippen LogP) is -0.276. The molecule has 0 bridgehead atoms. The molecule has 2 unspecified atom stereocenters. The Morgan fingerprint density at radius 1 is 1.30 bits per heavy atom. The third kappa shape index (κ3) is 4.37. The number of carbonyl (C=O) groups excluding carboxylic acids is 1. The number of guanidine groups is 1. The molecule has 1 amide bonds. The summed E-state index contributed by atoms with van der Waals surface area (Å²) in [6.07, 6.45) is 1.24. The van der Waals surface area contributed by atoms with Crippen molar-refractivity contribution in [1.29, 1.82) is 0 Å². The minimum Gasteiger partial charge on any atom is -0.355 e. The lowest BCUT2D eigenvalue weighted by molar-refractivity contribution is -0.130. The average molecular weight is 281 g/mol. The number of nitrogens with zero attached hydrogens (tertiary/aromatic N) is 3. The van der Waals surface area contributed by atoms with Crippen LogP contribution in [0.25, 0.3) is 0 Å². The molecule has 2 aliphatic rings. The standard InChI is InChI=1S/C14H27N5O/c1-11-10-13(11)17-14(15-3)16-4-5-18-6-8-19(9-7-18)12(2)20/h11,13H,4-10H2,1-3H3,(H2,15,16,17). The summed E-state index contributed by atoms with van der Waals surface area (Å²) in [6.45, 7) is 9.41. The van der Waals surface area contributed by atoms with E-state index in [-0.39, 0.29) is 5.91 Å². The van der Waals surface area contributed by atoms with Crippen LogP contribution < -0.4 is 10.6 Å². The minimum atomic E-state index is 0.186. The van der Waals surface area contributed by atoms with Gasteiger partial charge in [-0.05, 0) is 12.3 Å². The molecule has 6 nitrogen and oxygen atoms in total. The van der Waals surface area contributed by atoms with Crippen molar-refractivity contribution in [3.8, 4) is 0 Å². The van der Waals surface area contributed by atoms with Crippen molar-refractivity contribution in [3.05, 3.63) is 0 Å². The number of rotatable bonds is 4. The average Bonchev–Trinajstić information content (AvgIpc) is 3.13. The van der Waals surface area contributed by atoms with E-state index in [1.807, 2.05) is 11.9 Å². The van der Waals surface area contributed by atoms with Gasteiger partial charge in [-0.2, -0.15) is 0 Å². The van der Waals surface area contributed by atoms with E-state index >= 15 is 0 Å². The van der Waals surface area contributed by atoms with Crippen molar-refractivity contribution in [1.82, 2.24) is 20.4 Å². The van der Waals surface area contributed by atoms with Crippen LogP contribution in [-0.4, -0.2) is 74.0 Å². The molecular weight excluding hydrogens is 254 g/mol. The van der Waals surface area contributed by atoms with E-state index in [0.717, 1.165) is 51.1 Å². The first-order valence-corrected chi connectivity index (χ1v) is 7.55. The Morgan fingerprint density at radius 2 is 1.95 bits per heavy atom. The number of nitrogens with one attached hydrogen (secondary N) is 2. The molecule has 1 saturated carbocycles. The van der Waals surface area contributed by atoms with Crippen LogP contribution in [-0.2, 0) is 4.79 Å². The molecule has 0 aromatic heterocycles. The summed E-state index contributed by atoms with van der Waals surface area (Å²) in [4.78, 5) is 19.8. The molecule has 2 rings (SSSR count). The van der Waals surface area contributed by atoms with E-state index in [9.17, 15) is 4.79 Å². The Labute approximate surface area is 121 Å². The predicted molar refractivity (Wildman–Crippen MR) is 80.8 cm³/mol. The SMILES string of the molecule is CN=C(NCCN1CCN(C(C)=O)CC1)NC1CC1C. The molecule has 1 saturated heterocycles. The fourth-order valence-corrected chi connectivity index (χ4v) is 2.51. The molecular formula is C14H27N5O. The summed E-state index contributed by atoms with van der Waals surface area (Å²) in [5, 5.41) is 6.78. The number of amides is 1. The highest BCUT2D eigenvalue weighted by Gasteiger charge is 2.33. The summed E-state index contributed by atoms with van der Waals surface area (Å²) in [5.41, 5.74) is 0. The molecule has 2 atom stereocenters. The van der Waals surface area contributed by atoms with Gasteiger partial charge in [-0.3, -0.25) is 14.7 Å². The highest BCUT2D eigenvalue weighted by Crippen LogP contribution is 2.28. The van der Waals surface area contributed by atoms with Gasteiger partial charge in [-0.1, -0.05) is 6.92 Å². The summed E-state index contributed by atoms with van der Waals surface area (Å²) < 4.78 is 0. The van der Waals surface area contributed by atoms with Crippen molar-refractivity contribution in [2.45, 2.75) is 26.3 Å². The molecule has 0 spiro atoms. The smallest absolute Gasteiger partial charge is 0.219 e. The van der Waals surface area contributed by atoms with Crippen LogP contribution in [0, 0.1) is 5.92 Å². The van der Waals surface area contributed by atoms with Crippen LogP contribution in [0.5, 0.6) is 0 Å². The molecule has 20 heavy (non-hydrogen) atoms. The maximum Gasteiger partial charge on any atom is 0.219 e. The first kappa shape index (κ1) is 15.1. The second-order valence-electron chi connectivity index (χ2n) is 5.81. The van der Waals surface area contributed by atoms with Crippen molar-refractivity contribution < 1.29 is 4.79 Å². The zero-order chi connectivity index (χ0) is 14.5. The highest BCUT2D eigenvalue weighted by molar-refractivity contribution is 5.80. The van der Waals surface area contributed by atoms with Crippen LogP contribution in [0.2, 0.25) is 0 Å². The molecule has 1 aliphatic carbocycles. The third-order valence-corrected chi connectivity index (χ3v) is 4.19. The van der Waals surface area contributed by atoms with Gasteiger partial charge in [0, 0.05) is 59.3 Å². The Hall–Kier alpha value is -1.30. The summed E-state index contributed by atoms with van der Waals surface area (Å²) >= 11 is 0. The second-order valence-corrected chi connectivity index (χ2v) is 5.81. The van der Waals surface area contributed by atoms with E-state index in [4.69, 9.17) is 0 Å². The van der Waals surface area contributed by atoms with Crippen LogP contribution in [0.1, 0.15) is 20.3 Å². The van der Waals surface area contributed by atoms with E-state index < -0.39 is 0 Å². The first-order chi connectivity index (χ1) is 9.60. The molecule has 1 heterocycles. The number of carbonyl (C=O) groups is 1. The van der Waals surface area contributed by atoms with Gasteiger partial charge in [0.05, 0.1) is 0 Å². The van der Waals surface area contributed by atoms with Crippen molar-refractivity contribution in [3.63, 3.8) is 0 Å². The van der Waals surface area contributed by atoms with E-state index in [1.165, 1.54) is 6.42 Å². The van der Waals surface area contributed by atoms with Crippen LogP contribution in [0.15, 0.2) is 4.99 Å². The molecule has 6 heteroatoms. The number of aliphatic imine (C=N–C) groups is 1. The van der Waals surface area contributed by atoms with Crippen molar-refractivity contribution in [2.24, 2.45) is 10.9 Å². The fraction of sp³-hybridized carbons (Fsp3) is 0.857. The monoisotopic (exact) mass is 281 g/mol. The van der Waals surface area contributed by atoms with E-state index in [0.29, 0.717) is 6.04 Å². The quantitative estimate of drug-likeness (QED) is 0.550. The lowest BCUT2D eigenvalue weighted by Gasteiger charge is -2.34. The van der Waals surface area contributed by atoms with Gasteiger partial charge in [-0.15, -0.1) is 0 Å².